The highest BCUT2D eigenvalue weighted by Gasteiger charge is 2.23. The SMILES string of the molecule is CC/C=C/CCC(C)(CC)OC(C)=O. The summed E-state index contributed by atoms with van der Waals surface area (Å²) >= 11 is 0. The maximum atomic E-state index is 10.9. The zero-order valence-corrected chi connectivity index (χ0v) is 9.80. The van der Waals surface area contributed by atoms with E-state index >= 15 is 0 Å². The van der Waals surface area contributed by atoms with Gasteiger partial charge in [-0.2, -0.15) is 0 Å². The van der Waals surface area contributed by atoms with Gasteiger partial charge in [-0.1, -0.05) is 26.0 Å². The van der Waals surface area contributed by atoms with Crippen LogP contribution in [0.2, 0.25) is 0 Å². The second kappa shape index (κ2) is 6.63. The maximum absolute atomic E-state index is 10.9. The zero-order valence-electron chi connectivity index (χ0n) is 9.80. The molecule has 0 aliphatic heterocycles. The Bertz CT molecular complexity index is 196. The van der Waals surface area contributed by atoms with Gasteiger partial charge in [-0.25, -0.2) is 0 Å². The van der Waals surface area contributed by atoms with Crippen molar-refractivity contribution < 1.29 is 9.53 Å². The summed E-state index contributed by atoms with van der Waals surface area (Å²) in [4.78, 5) is 10.9. The average molecular weight is 198 g/mol. The van der Waals surface area contributed by atoms with Crippen molar-refractivity contribution in [3.05, 3.63) is 12.2 Å². The Labute approximate surface area is 87.3 Å². The van der Waals surface area contributed by atoms with Gasteiger partial charge in [0.2, 0.25) is 0 Å². The third kappa shape index (κ3) is 5.79. The summed E-state index contributed by atoms with van der Waals surface area (Å²) in [6, 6.07) is 0. The number of carbonyl (C=O) groups is 1. The lowest BCUT2D eigenvalue weighted by molar-refractivity contribution is -0.156. The summed E-state index contributed by atoms with van der Waals surface area (Å²) in [5.41, 5.74) is -0.288. The Balaban J connectivity index is 3.98. The highest BCUT2D eigenvalue weighted by molar-refractivity contribution is 5.66. The third-order valence-electron chi connectivity index (χ3n) is 2.38. The number of ether oxygens (including phenoxy) is 1. The molecule has 0 aromatic carbocycles. The lowest BCUT2D eigenvalue weighted by Gasteiger charge is -2.27. The molecule has 2 nitrogen and oxygen atoms in total. The molecule has 0 aromatic rings. The van der Waals surface area contributed by atoms with Crippen molar-refractivity contribution in [3.8, 4) is 0 Å². The fourth-order valence-electron chi connectivity index (χ4n) is 1.32. The van der Waals surface area contributed by atoms with Crippen LogP contribution in [0.5, 0.6) is 0 Å². The van der Waals surface area contributed by atoms with Crippen molar-refractivity contribution in [2.75, 3.05) is 0 Å². The van der Waals surface area contributed by atoms with Crippen molar-refractivity contribution in [2.24, 2.45) is 0 Å². The number of rotatable bonds is 6. The minimum atomic E-state index is -0.288. The third-order valence-corrected chi connectivity index (χ3v) is 2.38. The maximum Gasteiger partial charge on any atom is 0.303 e. The first-order valence-corrected chi connectivity index (χ1v) is 5.38. The van der Waals surface area contributed by atoms with Gasteiger partial charge in [0.05, 0.1) is 0 Å². The molecule has 0 fully saturated rings. The predicted octanol–water partition coefficient (Wildman–Crippen LogP) is 3.46. The first-order chi connectivity index (χ1) is 6.54. The minimum Gasteiger partial charge on any atom is -0.460 e. The second-order valence-electron chi connectivity index (χ2n) is 3.82. The molecule has 0 heterocycles. The van der Waals surface area contributed by atoms with Gasteiger partial charge in [-0.15, -0.1) is 0 Å². The summed E-state index contributed by atoms with van der Waals surface area (Å²) < 4.78 is 5.29. The molecule has 0 radical (unpaired) electrons. The zero-order chi connectivity index (χ0) is 11.0. The Morgan fingerprint density at radius 3 is 2.43 bits per heavy atom. The van der Waals surface area contributed by atoms with Crippen molar-refractivity contribution in [3.63, 3.8) is 0 Å². The molecule has 1 unspecified atom stereocenters. The molecular weight excluding hydrogens is 176 g/mol. The molecule has 0 aromatic heterocycles. The van der Waals surface area contributed by atoms with Gasteiger partial charge in [-0.3, -0.25) is 4.79 Å². The van der Waals surface area contributed by atoms with E-state index in [1.54, 1.807) is 0 Å². The molecule has 82 valence electrons. The molecule has 0 spiro atoms. The molecule has 0 rings (SSSR count). The van der Waals surface area contributed by atoms with Crippen LogP contribution >= 0.6 is 0 Å². The van der Waals surface area contributed by atoms with Crippen LogP contribution in [0.3, 0.4) is 0 Å². The van der Waals surface area contributed by atoms with E-state index in [9.17, 15) is 4.79 Å². The summed E-state index contributed by atoms with van der Waals surface area (Å²) in [6.07, 6.45) is 8.11. The number of hydrogen-bond acceptors (Lipinski definition) is 2. The topological polar surface area (TPSA) is 26.3 Å². The van der Waals surface area contributed by atoms with E-state index in [4.69, 9.17) is 4.74 Å². The van der Waals surface area contributed by atoms with Crippen LogP contribution in [0.25, 0.3) is 0 Å². The summed E-state index contributed by atoms with van der Waals surface area (Å²) in [7, 11) is 0. The Hall–Kier alpha value is -0.790. The molecule has 0 aliphatic carbocycles. The molecule has 0 bridgehead atoms. The number of esters is 1. The second-order valence-corrected chi connectivity index (χ2v) is 3.82. The highest BCUT2D eigenvalue weighted by Crippen LogP contribution is 2.22. The smallest absolute Gasteiger partial charge is 0.303 e. The van der Waals surface area contributed by atoms with E-state index in [-0.39, 0.29) is 11.6 Å². The van der Waals surface area contributed by atoms with Crippen molar-refractivity contribution in [1.82, 2.24) is 0 Å². The van der Waals surface area contributed by atoms with Crippen LogP contribution in [0.1, 0.15) is 53.4 Å². The van der Waals surface area contributed by atoms with E-state index in [1.165, 1.54) is 6.92 Å². The van der Waals surface area contributed by atoms with Crippen molar-refractivity contribution in [1.29, 1.82) is 0 Å². The van der Waals surface area contributed by atoms with Crippen LogP contribution in [-0.2, 0) is 9.53 Å². The summed E-state index contributed by atoms with van der Waals surface area (Å²) in [5, 5.41) is 0. The normalized spacial score (nSPS) is 15.4. The molecule has 1 atom stereocenters. The fourth-order valence-corrected chi connectivity index (χ4v) is 1.32. The number of hydrogen-bond donors (Lipinski definition) is 0. The van der Waals surface area contributed by atoms with Gasteiger partial charge in [0.1, 0.15) is 5.60 Å². The van der Waals surface area contributed by atoms with Gasteiger partial charge in [0.25, 0.3) is 0 Å². The Morgan fingerprint density at radius 1 is 1.36 bits per heavy atom. The van der Waals surface area contributed by atoms with Gasteiger partial charge >= 0.3 is 5.97 Å². The standard InChI is InChI=1S/C12H22O2/c1-5-7-8-9-10-12(4,6-2)14-11(3)13/h7-8H,5-6,9-10H2,1-4H3/b8-7+. The molecule has 0 saturated carbocycles. The lowest BCUT2D eigenvalue weighted by Crippen LogP contribution is -2.29. The van der Waals surface area contributed by atoms with Gasteiger partial charge in [0, 0.05) is 6.92 Å². The largest absolute Gasteiger partial charge is 0.460 e. The van der Waals surface area contributed by atoms with Gasteiger partial charge in [0.15, 0.2) is 0 Å². The highest BCUT2D eigenvalue weighted by atomic mass is 16.6. The average Bonchev–Trinajstić information content (AvgIpc) is 2.11. The summed E-state index contributed by atoms with van der Waals surface area (Å²) in [6.45, 7) is 7.62. The van der Waals surface area contributed by atoms with Gasteiger partial charge in [-0.05, 0) is 32.6 Å². The van der Waals surface area contributed by atoms with Crippen LogP contribution in [0.4, 0.5) is 0 Å². The molecule has 2 heteroatoms. The quantitative estimate of drug-likeness (QED) is 0.482. The monoisotopic (exact) mass is 198 g/mol. The van der Waals surface area contributed by atoms with E-state index in [2.05, 4.69) is 19.1 Å². The molecule has 0 N–H and O–H groups in total. The fraction of sp³-hybridized carbons (Fsp3) is 0.750. The van der Waals surface area contributed by atoms with Gasteiger partial charge < -0.3 is 4.74 Å². The van der Waals surface area contributed by atoms with Crippen LogP contribution in [0.15, 0.2) is 12.2 Å². The molecule has 0 aliphatic rings. The Morgan fingerprint density at radius 2 is 2.00 bits per heavy atom. The van der Waals surface area contributed by atoms with Crippen molar-refractivity contribution in [2.45, 2.75) is 59.0 Å². The first-order valence-electron chi connectivity index (χ1n) is 5.38. The summed E-state index contributed by atoms with van der Waals surface area (Å²) in [5.74, 6) is -0.186. The van der Waals surface area contributed by atoms with Crippen LogP contribution in [0, 0.1) is 0 Å². The number of carbonyl (C=O) groups excluding carboxylic acids is 1. The molecule has 0 amide bonds. The predicted molar refractivity (Wildman–Crippen MR) is 59.1 cm³/mol. The van der Waals surface area contributed by atoms with Crippen LogP contribution in [-0.4, -0.2) is 11.6 Å². The first kappa shape index (κ1) is 13.2. The molecule has 14 heavy (non-hydrogen) atoms. The van der Waals surface area contributed by atoms with E-state index in [0.29, 0.717) is 0 Å². The van der Waals surface area contributed by atoms with E-state index in [0.717, 1.165) is 25.7 Å². The Kier molecular flexibility index (Phi) is 6.26. The molecular formula is C12H22O2. The van der Waals surface area contributed by atoms with E-state index in [1.807, 2.05) is 13.8 Å². The lowest BCUT2D eigenvalue weighted by atomic mass is 9.96. The van der Waals surface area contributed by atoms with Crippen molar-refractivity contribution >= 4 is 5.97 Å². The number of allylic oxidation sites excluding steroid dienone is 2. The molecule has 0 saturated heterocycles. The van der Waals surface area contributed by atoms with E-state index < -0.39 is 0 Å². The van der Waals surface area contributed by atoms with Crippen LogP contribution < -0.4 is 0 Å². The minimum absolute atomic E-state index is 0.186.